The zero-order chi connectivity index (χ0) is 9.84. The zero-order valence-corrected chi connectivity index (χ0v) is 9.38. The van der Waals surface area contributed by atoms with Crippen LogP contribution in [0.25, 0.3) is 0 Å². The molecule has 13 heavy (non-hydrogen) atoms. The van der Waals surface area contributed by atoms with Gasteiger partial charge >= 0.3 is 6.85 Å². The molecule has 0 aliphatic rings. The van der Waals surface area contributed by atoms with Crippen molar-refractivity contribution in [1.82, 2.24) is 4.48 Å². The van der Waals surface area contributed by atoms with Crippen molar-refractivity contribution in [2.45, 2.75) is 33.4 Å². The molecule has 1 atom stereocenters. The molecule has 0 saturated heterocycles. The van der Waals surface area contributed by atoms with Crippen molar-refractivity contribution < 1.29 is 4.48 Å². The Kier molecular flexibility index (Phi) is 3.52. The van der Waals surface area contributed by atoms with Crippen LogP contribution in [0.5, 0.6) is 0 Å². The number of hydrogen-bond acceptors (Lipinski definition) is 0. The summed E-state index contributed by atoms with van der Waals surface area (Å²) in [5.74, 6) is 1.40. The van der Waals surface area contributed by atoms with Gasteiger partial charge in [0.2, 0.25) is 0 Å². The first-order valence-corrected chi connectivity index (χ1v) is 5.68. The number of nitrogens with zero attached hydrogens (tertiary/aromatic N) is 2. The molecule has 0 spiro atoms. The number of rotatable bonds is 4. The largest absolute Gasteiger partial charge is 0.442 e. The molecule has 1 aromatic heterocycles. The quantitative estimate of drug-likeness (QED) is 0.466. The topological polar surface area (TPSA) is 8.81 Å². The average molecular weight is 178 g/mol. The monoisotopic (exact) mass is 178 g/mol. The van der Waals surface area contributed by atoms with E-state index in [0.29, 0.717) is 0 Å². The number of hydrogen-bond donors (Lipinski definition) is 0. The molecule has 4 heteroatoms. The lowest BCUT2D eigenvalue weighted by Gasteiger charge is -2.09. The second-order valence-electron chi connectivity index (χ2n) is 4.25. The van der Waals surface area contributed by atoms with Crippen molar-refractivity contribution in [3.8, 4) is 0 Å². The summed E-state index contributed by atoms with van der Waals surface area (Å²) in [4.78, 5) is 0. The fraction of sp³-hybridized carbons (Fsp3) is 0.556. The van der Waals surface area contributed by atoms with Crippen molar-refractivity contribution in [1.29, 1.82) is 0 Å². The van der Waals surface area contributed by atoms with Gasteiger partial charge in [0, 0.05) is 6.92 Å². The maximum atomic E-state index is 4.21. The molecule has 1 rings (SSSR count). The van der Waals surface area contributed by atoms with Gasteiger partial charge in [-0.3, -0.25) is 0 Å². The third-order valence-electron chi connectivity index (χ3n) is 3.11. The second-order valence-corrected chi connectivity index (χ2v) is 4.25. The molecular formula is C9H20B2N2. The SMILES string of the molecule is [CH2+][BH-](CC)n1cc[n+]([BH2-]CC)c1C. The van der Waals surface area contributed by atoms with E-state index < -0.39 is 6.85 Å². The highest BCUT2D eigenvalue weighted by atomic mass is 15.1. The van der Waals surface area contributed by atoms with Crippen molar-refractivity contribution in [3.63, 3.8) is 0 Å². The standard InChI is InChI=1S/C9H20B2N2/c1-5-10-12-7-8-13(9(12)3)11(4)6-2/h7-8,11H,4-6,10H2,1-3H3. The zero-order valence-electron chi connectivity index (χ0n) is 9.38. The molecular weight excluding hydrogens is 158 g/mol. The van der Waals surface area contributed by atoms with E-state index in [1.165, 1.54) is 18.5 Å². The molecule has 0 aliphatic carbocycles. The summed E-state index contributed by atoms with van der Waals surface area (Å²) in [5.41, 5.74) is 0. The van der Waals surface area contributed by atoms with Crippen LogP contribution >= 0.6 is 0 Å². The molecule has 0 aliphatic heterocycles. The van der Waals surface area contributed by atoms with E-state index in [2.05, 4.69) is 48.9 Å². The highest BCUT2D eigenvalue weighted by Gasteiger charge is 2.13. The Morgan fingerprint density at radius 2 is 2.31 bits per heavy atom. The highest BCUT2D eigenvalue weighted by Crippen LogP contribution is 1.98. The minimum absolute atomic E-state index is 0.0514. The second kappa shape index (κ2) is 4.45. The normalized spacial score (nSPS) is 13.2. The molecule has 2 nitrogen and oxygen atoms in total. The molecule has 0 aromatic carbocycles. The number of aromatic nitrogens is 2. The van der Waals surface area contributed by atoms with Crippen LogP contribution in [-0.4, -0.2) is 18.7 Å². The third-order valence-corrected chi connectivity index (χ3v) is 3.11. The molecule has 0 saturated carbocycles. The Morgan fingerprint density at radius 3 is 2.85 bits per heavy atom. The first-order valence-electron chi connectivity index (χ1n) is 5.68. The van der Waals surface area contributed by atoms with E-state index in [4.69, 9.17) is 0 Å². The Hall–Kier alpha value is -0.790. The van der Waals surface area contributed by atoms with Crippen LogP contribution in [0, 0.1) is 13.7 Å². The molecule has 0 fully saturated rings. The van der Waals surface area contributed by atoms with Gasteiger partial charge in [-0.25, -0.2) is 0 Å². The summed E-state index contributed by atoms with van der Waals surface area (Å²) >= 11 is 0. The maximum absolute atomic E-state index is 4.21. The molecule has 1 unspecified atom stereocenters. The van der Waals surface area contributed by atoms with Crippen LogP contribution in [0.4, 0.5) is 0 Å². The van der Waals surface area contributed by atoms with E-state index in [-0.39, 0.29) is 7.41 Å². The molecule has 0 radical (unpaired) electrons. The maximum Gasteiger partial charge on any atom is 0.364 e. The third kappa shape index (κ3) is 2.11. The first kappa shape index (κ1) is 10.3. The lowest BCUT2D eigenvalue weighted by atomic mass is 9.62. The fourth-order valence-corrected chi connectivity index (χ4v) is 1.99. The van der Waals surface area contributed by atoms with Gasteiger partial charge in [0.1, 0.15) is 0 Å². The lowest BCUT2D eigenvalue weighted by Crippen LogP contribution is -2.42. The Labute approximate surface area is 82.3 Å². The Bertz CT molecular complexity index is 271. The van der Waals surface area contributed by atoms with Gasteiger partial charge in [-0.15, -0.1) is 6.32 Å². The van der Waals surface area contributed by atoms with Gasteiger partial charge in [0.15, 0.2) is 13.2 Å². The molecule has 0 N–H and O–H groups in total. The molecule has 0 amide bonds. The van der Waals surface area contributed by atoms with Gasteiger partial charge in [0.05, 0.1) is 12.4 Å². The van der Waals surface area contributed by atoms with Crippen molar-refractivity contribution >= 4 is 14.3 Å². The number of imidazole rings is 1. The van der Waals surface area contributed by atoms with Crippen LogP contribution in [0.3, 0.4) is 0 Å². The molecule has 0 bridgehead atoms. The fourth-order valence-electron chi connectivity index (χ4n) is 1.99. The minimum Gasteiger partial charge on any atom is -0.442 e. The van der Waals surface area contributed by atoms with Crippen LogP contribution in [0.1, 0.15) is 19.7 Å². The van der Waals surface area contributed by atoms with Gasteiger partial charge < -0.3 is 8.96 Å². The van der Waals surface area contributed by atoms with Crippen LogP contribution < -0.4 is 4.48 Å². The predicted octanol–water partition coefficient (Wildman–Crippen LogP) is 0.419. The molecule has 1 heterocycles. The van der Waals surface area contributed by atoms with Crippen LogP contribution in [-0.2, 0) is 0 Å². The summed E-state index contributed by atoms with van der Waals surface area (Å²) in [5, 5.41) is 0. The Morgan fingerprint density at radius 1 is 1.62 bits per heavy atom. The lowest BCUT2D eigenvalue weighted by molar-refractivity contribution is -0.536. The minimum atomic E-state index is -0.393. The van der Waals surface area contributed by atoms with Gasteiger partial charge in [0.25, 0.3) is 0 Å². The summed E-state index contributed by atoms with van der Waals surface area (Å²) in [6, 6.07) is 0. The predicted molar refractivity (Wildman–Crippen MR) is 62.2 cm³/mol. The van der Waals surface area contributed by atoms with E-state index in [0.717, 1.165) is 0 Å². The van der Waals surface area contributed by atoms with E-state index >= 15 is 0 Å². The average Bonchev–Trinajstić information content (AvgIpc) is 2.48. The molecule has 72 valence electrons. The highest BCUT2D eigenvalue weighted by molar-refractivity contribution is 6.58. The summed E-state index contributed by atoms with van der Waals surface area (Å²) < 4.78 is 4.79. The Balaban J connectivity index is 2.85. The van der Waals surface area contributed by atoms with Gasteiger partial charge in [-0.1, -0.05) is 27.0 Å². The summed E-state index contributed by atoms with van der Waals surface area (Å²) in [6.45, 7) is 10.5. The van der Waals surface area contributed by atoms with Crippen LogP contribution in [0.2, 0.25) is 12.6 Å². The van der Waals surface area contributed by atoms with E-state index in [1.54, 1.807) is 0 Å². The van der Waals surface area contributed by atoms with E-state index in [1.807, 2.05) is 0 Å². The summed E-state index contributed by atoms with van der Waals surface area (Å²) in [7, 11) is 0.0514. The molecule has 1 aromatic rings. The van der Waals surface area contributed by atoms with Crippen LogP contribution in [0.15, 0.2) is 12.4 Å². The first-order chi connectivity index (χ1) is 6.20. The smallest absolute Gasteiger partial charge is 0.364 e. The van der Waals surface area contributed by atoms with Crippen molar-refractivity contribution in [3.05, 3.63) is 25.0 Å². The van der Waals surface area contributed by atoms with Crippen molar-refractivity contribution in [2.75, 3.05) is 0 Å². The van der Waals surface area contributed by atoms with Gasteiger partial charge in [-0.05, 0) is 0 Å². The van der Waals surface area contributed by atoms with Crippen molar-refractivity contribution in [2.24, 2.45) is 0 Å². The van der Waals surface area contributed by atoms with Gasteiger partial charge in [-0.2, -0.15) is 0 Å². The summed E-state index contributed by atoms with van der Waals surface area (Å²) in [6.07, 6.45) is 6.92. The van der Waals surface area contributed by atoms with E-state index in [9.17, 15) is 0 Å².